The summed E-state index contributed by atoms with van der Waals surface area (Å²) in [6, 6.07) is 11.0. The van der Waals surface area contributed by atoms with E-state index < -0.39 is 11.2 Å². The molecule has 5 heterocycles. The second-order valence-corrected chi connectivity index (χ2v) is 16.1. The molecule has 0 aromatic carbocycles. The SMILES string of the molecule is C.CC(C)(C)OC(=O)N1CC=C(B2OC(C)(C)C(C)(C)O2)CC1.CC(C)(C)OC(=O)N1CC=C(c2cccc(N)n2)CC1.Nc1cccc(Br)n1. The number of nitrogens with two attached hydrogens (primary N) is 2. The standard InChI is InChI=1S/C16H28BNO4.C15H21N3O2.C5H5BrN2.CH4/c1-14(2,3)20-13(19)18-10-8-12(9-11-18)17-21-15(4,5)16(6,7)22-17;1-15(2,3)20-14(19)18-9-7-11(8-10-18)12-5-4-6-13(16)17-12;6-4-2-1-3-5(7)8-4;/h8H,9-11H2,1-7H3;4-7H,8-10H2,1-3H3,(H2,16,17);1-3H,(H2,7,8);1H4. The Labute approximate surface area is 313 Å². The number of nitrogens with zero attached hydrogens (tertiary/aromatic N) is 4. The number of pyridine rings is 2. The highest BCUT2D eigenvalue weighted by molar-refractivity contribution is 9.10. The molecule has 14 heteroatoms. The van der Waals surface area contributed by atoms with Crippen molar-refractivity contribution in [2.75, 3.05) is 37.6 Å². The number of carbonyl (C=O) groups is 2. The van der Waals surface area contributed by atoms with Gasteiger partial charge in [-0.15, -0.1) is 0 Å². The van der Waals surface area contributed by atoms with E-state index >= 15 is 0 Å². The average Bonchev–Trinajstić information content (AvgIpc) is 3.22. The van der Waals surface area contributed by atoms with Gasteiger partial charge in [0.15, 0.2) is 0 Å². The van der Waals surface area contributed by atoms with E-state index in [-0.39, 0.29) is 37.9 Å². The molecule has 1 saturated heterocycles. The zero-order valence-electron chi connectivity index (χ0n) is 31.2. The minimum absolute atomic E-state index is 0. The number of anilines is 2. The van der Waals surface area contributed by atoms with Gasteiger partial charge in [0.05, 0.1) is 16.9 Å². The summed E-state index contributed by atoms with van der Waals surface area (Å²) in [5.41, 5.74) is 12.5. The van der Waals surface area contributed by atoms with Gasteiger partial charge in [-0.2, -0.15) is 0 Å². The van der Waals surface area contributed by atoms with Crippen LogP contribution in [0.5, 0.6) is 0 Å². The number of nitrogen functional groups attached to an aromatic ring is 2. The molecule has 0 unspecified atom stereocenters. The van der Waals surface area contributed by atoms with Crippen molar-refractivity contribution in [3.63, 3.8) is 0 Å². The van der Waals surface area contributed by atoms with Crippen molar-refractivity contribution in [2.45, 2.75) is 112 Å². The van der Waals surface area contributed by atoms with Crippen LogP contribution in [0.15, 0.2) is 58.6 Å². The van der Waals surface area contributed by atoms with Gasteiger partial charge in [-0.1, -0.05) is 31.7 Å². The van der Waals surface area contributed by atoms with Crippen molar-refractivity contribution >= 4 is 52.4 Å². The minimum Gasteiger partial charge on any atom is -0.444 e. The van der Waals surface area contributed by atoms with Crippen LogP contribution in [0.25, 0.3) is 5.57 Å². The van der Waals surface area contributed by atoms with Gasteiger partial charge in [0, 0.05) is 26.2 Å². The van der Waals surface area contributed by atoms with Crippen molar-refractivity contribution < 1.29 is 28.4 Å². The summed E-state index contributed by atoms with van der Waals surface area (Å²) in [5.74, 6) is 1.05. The lowest BCUT2D eigenvalue weighted by Crippen LogP contribution is -2.41. The number of halogens is 1. The number of rotatable bonds is 2. The number of aromatic nitrogens is 2. The molecule has 12 nitrogen and oxygen atoms in total. The molecule has 0 atom stereocenters. The summed E-state index contributed by atoms with van der Waals surface area (Å²) >= 11 is 3.17. The Morgan fingerprint density at radius 3 is 1.63 bits per heavy atom. The van der Waals surface area contributed by atoms with Gasteiger partial charge in [0.1, 0.15) is 27.4 Å². The van der Waals surface area contributed by atoms with Crippen LogP contribution in [0, 0.1) is 0 Å². The normalized spacial score (nSPS) is 18.1. The number of amides is 2. The predicted molar refractivity (Wildman–Crippen MR) is 209 cm³/mol. The molecule has 0 saturated carbocycles. The Morgan fingerprint density at radius 1 is 0.784 bits per heavy atom. The van der Waals surface area contributed by atoms with Crippen LogP contribution in [0.4, 0.5) is 21.2 Å². The highest BCUT2D eigenvalue weighted by Crippen LogP contribution is 2.39. The lowest BCUT2D eigenvalue weighted by Gasteiger charge is -2.32. The Morgan fingerprint density at radius 2 is 1.25 bits per heavy atom. The van der Waals surface area contributed by atoms with E-state index in [2.05, 4.69) is 25.9 Å². The highest BCUT2D eigenvalue weighted by atomic mass is 79.9. The Balaban J connectivity index is 0.000000287. The molecule has 0 spiro atoms. The molecule has 2 aromatic rings. The summed E-state index contributed by atoms with van der Waals surface area (Å²) < 4.78 is 23.6. The van der Waals surface area contributed by atoms with Crippen LogP contribution in [0.2, 0.25) is 0 Å². The van der Waals surface area contributed by atoms with Crippen LogP contribution in [-0.2, 0) is 18.8 Å². The summed E-state index contributed by atoms with van der Waals surface area (Å²) in [6.45, 7) is 21.8. The summed E-state index contributed by atoms with van der Waals surface area (Å²) in [5, 5.41) is 0. The smallest absolute Gasteiger partial charge is 0.444 e. The van der Waals surface area contributed by atoms with Crippen LogP contribution >= 0.6 is 15.9 Å². The zero-order valence-corrected chi connectivity index (χ0v) is 32.8. The molecule has 2 aromatic heterocycles. The molecule has 5 rings (SSSR count). The maximum atomic E-state index is 12.1. The molecular formula is C37H58BBrN6O6. The number of ether oxygens (including phenoxy) is 2. The average molecular weight is 774 g/mol. The molecule has 2 amide bonds. The third-order valence-electron chi connectivity index (χ3n) is 8.15. The van der Waals surface area contributed by atoms with E-state index in [0.29, 0.717) is 37.8 Å². The molecule has 282 valence electrons. The maximum Gasteiger partial charge on any atom is 0.490 e. The van der Waals surface area contributed by atoms with Crippen LogP contribution in [0.1, 0.15) is 95.2 Å². The molecule has 0 bridgehead atoms. The van der Waals surface area contributed by atoms with Crippen LogP contribution in [0.3, 0.4) is 0 Å². The summed E-state index contributed by atoms with van der Waals surface area (Å²) in [7, 11) is -0.314. The fourth-order valence-corrected chi connectivity index (χ4v) is 5.19. The zero-order chi connectivity index (χ0) is 37.5. The Hall–Kier alpha value is -3.62. The molecule has 1 fully saturated rings. The topological polar surface area (TPSA) is 155 Å². The van der Waals surface area contributed by atoms with Gasteiger partial charge in [-0.05, 0) is 133 Å². The first-order valence-electron chi connectivity index (χ1n) is 16.9. The van der Waals surface area contributed by atoms with Gasteiger partial charge >= 0.3 is 19.3 Å². The molecule has 0 radical (unpaired) electrons. The molecular weight excluding hydrogens is 715 g/mol. The van der Waals surface area contributed by atoms with Gasteiger partial charge in [-0.3, -0.25) is 0 Å². The van der Waals surface area contributed by atoms with E-state index in [1.54, 1.807) is 21.9 Å². The Bertz CT molecular complexity index is 1520. The van der Waals surface area contributed by atoms with Gasteiger partial charge in [-0.25, -0.2) is 19.6 Å². The third kappa shape index (κ3) is 13.8. The minimum atomic E-state index is -0.465. The lowest BCUT2D eigenvalue weighted by molar-refractivity contribution is 0.00578. The summed E-state index contributed by atoms with van der Waals surface area (Å²) in [4.78, 5) is 35.6. The third-order valence-corrected chi connectivity index (χ3v) is 8.59. The number of carbonyl (C=O) groups excluding carboxylic acids is 2. The fraction of sp³-hybridized carbons (Fsp3) is 0.568. The molecule has 3 aliphatic rings. The number of hydrogen-bond donors (Lipinski definition) is 2. The Kier molecular flexibility index (Phi) is 15.1. The highest BCUT2D eigenvalue weighted by Gasteiger charge is 2.52. The van der Waals surface area contributed by atoms with E-state index in [1.807, 2.05) is 106 Å². The van der Waals surface area contributed by atoms with Crippen molar-refractivity contribution in [2.24, 2.45) is 0 Å². The molecule has 0 aliphatic carbocycles. The number of hydrogen-bond acceptors (Lipinski definition) is 10. The lowest BCUT2D eigenvalue weighted by atomic mass is 9.75. The summed E-state index contributed by atoms with van der Waals surface area (Å²) in [6.07, 6.45) is 5.00. The maximum absolute atomic E-state index is 12.1. The van der Waals surface area contributed by atoms with Crippen molar-refractivity contribution in [1.29, 1.82) is 0 Å². The van der Waals surface area contributed by atoms with Crippen molar-refractivity contribution in [1.82, 2.24) is 19.8 Å². The van der Waals surface area contributed by atoms with Gasteiger partial charge in [0.25, 0.3) is 0 Å². The quantitative estimate of drug-likeness (QED) is 0.227. The second-order valence-electron chi connectivity index (χ2n) is 15.3. The van der Waals surface area contributed by atoms with E-state index in [0.717, 1.165) is 34.2 Å². The fourth-order valence-electron chi connectivity index (χ4n) is 4.83. The monoisotopic (exact) mass is 772 g/mol. The van der Waals surface area contributed by atoms with E-state index in [1.165, 1.54) is 0 Å². The first kappa shape index (κ1) is 43.5. The largest absolute Gasteiger partial charge is 0.490 e. The second kappa shape index (κ2) is 17.7. The molecule has 51 heavy (non-hydrogen) atoms. The van der Waals surface area contributed by atoms with Crippen molar-refractivity contribution in [3.05, 3.63) is 64.3 Å². The van der Waals surface area contributed by atoms with Gasteiger partial charge in [0.2, 0.25) is 0 Å². The molecule has 3 aliphatic heterocycles. The van der Waals surface area contributed by atoms with E-state index in [9.17, 15) is 9.59 Å². The first-order chi connectivity index (χ1) is 23.0. The predicted octanol–water partition coefficient (Wildman–Crippen LogP) is 7.94. The van der Waals surface area contributed by atoms with Gasteiger partial charge < -0.3 is 40.0 Å². The van der Waals surface area contributed by atoms with Crippen LogP contribution < -0.4 is 11.5 Å². The van der Waals surface area contributed by atoms with Crippen molar-refractivity contribution in [3.8, 4) is 0 Å². The van der Waals surface area contributed by atoms with Crippen LogP contribution in [-0.4, -0.2) is 87.7 Å². The van der Waals surface area contributed by atoms with E-state index in [4.69, 9.17) is 30.2 Å². The first-order valence-corrected chi connectivity index (χ1v) is 17.6. The molecule has 4 N–H and O–H groups in total.